The summed E-state index contributed by atoms with van der Waals surface area (Å²) < 4.78 is 27.2. The zero-order chi connectivity index (χ0) is 19.5. The Labute approximate surface area is 155 Å². The zero-order valence-electron chi connectivity index (χ0n) is 15.8. The van der Waals surface area contributed by atoms with Crippen LogP contribution in [0.15, 0.2) is 53.4 Å². The molecule has 0 atom stereocenters. The second-order valence-electron chi connectivity index (χ2n) is 7.61. The van der Waals surface area contributed by atoms with Gasteiger partial charge in [0.1, 0.15) is 0 Å². The number of carbonyl (C=O) groups is 1. The van der Waals surface area contributed by atoms with Gasteiger partial charge in [0.15, 0.2) is 0 Å². The first-order valence-electron chi connectivity index (χ1n) is 8.53. The van der Waals surface area contributed by atoms with Crippen molar-refractivity contribution in [1.29, 1.82) is 0 Å². The summed E-state index contributed by atoms with van der Waals surface area (Å²) in [6.07, 6.45) is 0. The van der Waals surface area contributed by atoms with E-state index in [-0.39, 0.29) is 10.8 Å². The SMILES string of the molecule is CC(C)c1ccc(C(=O)Nc2ccc(S(=O)(=O)NC(C)(C)C)cc2)cc1. The predicted molar refractivity (Wildman–Crippen MR) is 105 cm³/mol. The Balaban J connectivity index is 2.10. The summed E-state index contributed by atoms with van der Waals surface area (Å²) in [5.74, 6) is 0.173. The molecule has 0 saturated heterocycles. The highest BCUT2D eigenvalue weighted by molar-refractivity contribution is 7.89. The fourth-order valence-corrected chi connectivity index (χ4v) is 3.82. The van der Waals surface area contributed by atoms with E-state index in [1.54, 1.807) is 45.0 Å². The van der Waals surface area contributed by atoms with E-state index >= 15 is 0 Å². The molecular formula is C20H26N2O3S. The molecule has 0 spiro atoms. The van der Waals surface area contributed by atoms with Crippen molar-refractivity contribution < 1.29 is 13.2 Å². The lowest BCUT2D eigenvalue weighted by Crippen LogP contribution is -2.40. The monoisotopic (exact) mass is 374 g/mol. The van der Waals surface area contributed by atoms with Crippen LogP contribution in [0.1, 0.15) is 56.5 Å². The lowest BCUT2D eigenvalue weighted by atomic mass is 10.0. The molecule has 5 nitrogen and oxygen atoms in total. The second kappa shape index (κ2) is 7.60. The van der Waals surface area contributed by atoms with Crippen LogP contribution in [0.25, 0.3) is 0 Å². The van der Waals surface area contributed by atoms with Gasteiger partial charge in [0, 0.05) is 16.8 Å². The normalized spacial score (nSPS) is 12.2. The molecule has 0 saturated carbocycles. The zero-order valence-corrected chi connectivity index (χ0v) is 16.6. The molecule has 0 bridgehead atoms. The van der Waals surface area contributed by atoms with Crippen LogP contribution in [0.2, 0.25) is 0 Å². The molecule has 1 amide bonds. The summed E-state index contributed by atoms with van der Waals surface area (Å²) in [4.78, 5) is 12.5. The van der Waals surface area contributed by atoms with E-state index in [2.05, 4.69) is 23.9 Å². The number of rotatable bonds is 5. The van der Waals surface area contributed by atoms with Gasteiger partial charge >= 0.3 is 0 Å². The Morgan fingerprint density at radius 2 is 1.46 bits per heavy atom. The number of anilines is 1. The minimum Gasteiger partial charge on any atom is -0.322 e. The molecule has 2 rings (SSSR count). The van der Waals surface area contributed by atoms with Crippen molar-refractivity contribution >= 4 is 21.6 Å². The van der Waals surface area contributed by atoms with E-state index in [4.69, 9.17) is 0 Å². The number of carbonyl (C=O) groups excluding carboxylic acids is 1. The molecule has 2 aromatic carbocycles. The maximum absolute atomic E-state index is 12.3. The minimum absolute atomic E-state index is 0.159. The summed E-state index contributed by atoms with van der Waals surface area (Å²) >= 11 is 0. The molecule has 140 valence electrons. The van der Waals surface area contributed by atoms with Crippen molar-refractivity contribution in [2.75, 3.05) is 5.32 Å². The molecule has 0 unspecified atom stereocenters. The molecule has 2 N–H and O–H groups in total. The fraction of sp³-hybridized carbons (Fsp3) is 0.350. The quantitative estimate of drug-likeness (QED) is 0.826. The lowest BCUT2D eigenvalue weighted by Gasteiger charge is -2.20. The number of hydrogen-bond donors (Lipinski definition) is 2. The largest absolute Gasteiger partial charge is 0.322 e. The molecule has 0 aromatic heterocycles. The van der Waals surface area contributed by atoms with Gasteiger partial charge in [0.2, 0.25) is 10.0 Å². The van der Waals surface area contributed by atoms with Gasteiger partial charge in [-0.15, -0.1) is 0 Å². The third kappa shape index (κ3) is 5.41. The smallest absolute Gasteiger partial charge is 0.255 e. The molecule has 2 aromatic rings. The molecule has 6 heteroatoms. The highest BCUT2D eigenvalue weighted by Gasteiger charge is 2.21. The lowest BCUT2D eigenvalue weighted by molar-refractivity contribution is 0.102. The first-order chi connectivity index (χ1) is 12.0. The number of hydrogen-bond acceptors (Lipinski definition) is 3. The number of amides is 1. The van der Waals surface area contributed by atoms with Crippen molar-refractivity contribution in [2.45, 2.75) is 51.0 Å². The van der Waals surface area contributed by atoms with E-state index in [1.807, 2.05) is 12.1 Å². The van der Waals surface area contributed by atoms with Crippen LogP contribution in [0.5, 0.6) is 0 Å². The Hall–Kier alpha value is -2.18. The fourth-order valence-electron chi connectivity index (χ4n) is 2.40. The van der Waals surface area contributed by atoms with Crippen molar-refractivity contribution in [1.82, 2.24) is 4.72 Å². The van der Waals surface area contributed by atoms with Crippen LogP contribution >= 0.6 is 0 Å². The van der Waals surface area contributed by atoms with Gasteiger partial charge in [-0.1, -0.05) is 26.0 Å². The topological polar surface area (TPSA) is 75.3 Å². The molecular weight excluding hydrogens is 348 g/mol. The summed E-state index contributed by atoms with van der Waals surface area (Å²) in [6, 6.07) is 13.6. The van der Waals surface area contributed by atoms with E-state index < -0.39 is 15.6 Å². The first kappa shape index (κ1) is 20.1. The summed E-state index contributed by atoms with van der Waals surface area (Å²) in [5, 5.41) is 2.78. The minimum atomic E-state index is -3.59. The Morgan fingerprint density at radius 1 is 0.923 bits per heavy atom. The number of sulfonamides is 1. The number of benzene rings is 2. The van der Waals surface area contributed by atoms with Crippen LogP contribution in [-0.4, -0.2) is 19.9 Å². The van der Waals surface area contributed by atoms with Crippen molar-refractivity contribution in [2.24, 2.45) is 0 Å². The van der Waals surface area contributed by atoms with Gasteiger partial charge < -0.3 is 5.32 Å². The van der Waals surface area contributed by atoms with Crippen LogP contribution < -0.4 is 10.0 Å². The maximum Gasteiger partial charge on any atom is 0.255 e. The Kier molecular flexibility index (Phi) is 5.88. The molecule has 0 fully saturated rings. The maximum atomic E-state index is 12.3. The van der Waals surface area contributed by atoms with Crippen molar-refractivity contribution in [3.8, 4) is 0 Å². The Morgan fingerprint density at radius 3 is 1.92 bits per heavy atom. The summed E-state index contributed by atoms with van der Waals surface area (Å²) in [7, 11) is -3.59. The van der Waals surface area contributed by atoms with Gasteiger partial charge in [0.25, 0.3) is 5.91 Å². The Bertz CT molecular complexity index is 863. The van der Waals surface area contributed by atoms with Crippen LogP contribution in [0, 0.1) is 0 Å². The standard InChI is InChI=1S/C20H26N2O3S/c1-14(2)15-6-8-16(9-7-15)19(23)21-17-10-12-18(13-11-17)26(24,25)22-20(3,4)5/h6-14,22H,1-5H3,(H,21,23). The van der Waals surface area contributed by atoms with E-state index in [1.165, 1.54) is 17.7 Å². The average Bonchev–Trinajstić information content (AvgIpc) is 2.53. The van der Waals surface area contributed by atoms with Crippen LogP contribution in [-0.2, 0) is 10.0 Å². The van der Waals surface area contributed by atoms with Crippen LogP contribution in [0.4, 0.5) is 5.69 Å². The van der Waals surface area contributed by atoms with Gasteiger partial charge in [-0.3, -0.25) is 4.79 Å². The molecule has 0 aliphatic carbocycles. The number of nitrogens with one attached hydrogen (secondary N) is 2. The van der Waals surface area contributed by atoms with Gasteiger partial charge in [-0.2, -0.15) is 0 Å². The molecule has 0 aliphatic heterocycles. The highest BCUT2D eigenvalue weighted by Crippen LogP contribution is 2.18. The van der Waals surface area contributed by atoms with E-state index in [9.17, 15) is 13.2 Å². The van der Waals surface area contributed by atoms with Gasteiger partial charge in [-0.05, 0) is 68.7 Å². The average molecular weight is 375 g/mol. The molecule has 0 aliphatic rings. The third-order valence-corrected chi connectivity index (χ3v) is 5.48. The van der Waals surface area contributed by atoms with Crippen molar-refractivity contribution in [3.63, 3.8) is 0 Å². The molecule has 0 radical (unpaired) electrons. The predicted octanol–water partition coefficient (Wildman–Crippen LogP) is 4.14. The van der Waals surface area contributed by atoms with Gasteiger partial charge in [0.05, 0.1) is 4.90 Å². The first-order valence-corrected chi connectivity index (χ1v) is 10.0. The van der Waals surface area contributed by atoms with E-state index in [0.717, 1.165) is 0 Å². The molecule has 26 heavy (non-hydrogen) atoms. The third-order valence-electron chi connectivity index (χ3n) is 3.70. The van der Waals surface area contributed by atoms with Crippen LogP contribution in [0.3, 0.4) is 0 Å². The highest BCUT2D eigenvalue weighted by atomic mass is 32.2. The molecule has 0 heterocycles. The van der Waals surface area contributed by atoms with E-state index in [0.29, 0.717) is 17.2 Å². The summed E-state index contributed by atoms with van der Waals surface area (Å²) in [5.41, 5.74) is 1.70. The van der Waals surface area contributed by atoms with Crippen molar-refractivity contribution in [3.05, 3.63) is 59.7 Å². The second-order valence-corrected chi connectivity index (χ2v) is 9.29. The van der Waals surface area contributed by atoms with Gasteiger partial charge in [-0.25, -0.2) is 13.1 Å². The summed E-state index contributed by atoms with van der Waals surface area (Å²) in [6.45, 7) is 9.54.